The number of H-pyrrole nitrogens is 1. The molecule has 15 heteroatoms. The number of fused-ring (bicyclic) bond motifs is 2. The molecule has 1 unspecified atom stereocenters. The average molecular weight is 453 g/mol. The number of aliphatic hydroxyl groups excluding tert-OH is 1. The standard InChI is InChI=1S/C14H18F2N5O6PS/c1-5(2)26-28(29)24-3-14(12(15)16)8(27-28)7(22)11(25-14)21-4-18-6-9(21)19-13(17)20-10(6)23/h4-5,7-8,11-12,22H,3H2,1-2H3,(H3,17,19,20,23)/t7-,8+,11-,14-,28?/m1/s1. The van der Waals surface area contributed by atoms with E-state index in [0.717, 1.165) is 10.9 Å². The Kier molecular flexibility index (Phi) is 5.01. The molecule has 2 aromatic heterocycles. The number of halogens is 2. The van der Waals surface area contributed by atoms with E-state index in [-0.39, 0.29) is 23.2 Å². The number of nitrogens with one attached hydrogen (secondary N) is 1. The number of anilines is 1. The van der Waals surface area contributed by atoms with Crippen molar-refractivity contribution >= 4 is 35.6 Å². The van der Waals surface area contributed by atoms with Gasteiger partial charge in [0.2, 0.25) is 5.95 Å². The molecule has 2 saturated heterocycles. The van der Waals surface area contributed by atoms with Crippen LogP contribution in [0.4, 0.5) is 14.7 Å². The van der Waals surface area contributed by atoms with Gasteiger partial charge in [-0.15, -0.1) is 0 Å². The van der Waals surface area contributed by atoms with E-state index in [4.69, 9.17) is 35.8 Å². The molecule has 0 aliphatic carbocycles. The largest absolute Gasteiger partial charge is 0.386 e. The molecule has 0 bridgehead atoms. The van der Waals surface area contributed by atoms with Crippen molar-refractivity contribution in [1.82, 2.24) is 19.5 Å². The van der Waals surface area contributed by atoms with Gasteiger partial charge < -0.3 is 24.6 Å². The summed E-state index contributed by atoms with van der Waals surface area (Å²) in [7, 11) is 0. The summed E-state index contributed by atoms with van der Waals surface area (Å²) in [6.45, 7) is -0.653. The van der Waals surface area contributed by atoms with Gasteiger partial charge in [-0.3, -0.25) is 18.9 Å². The number of alkyl halides is 2. The first kappa shape index (κ1) is 20.7. The van der Waals surface area contributed by atoms with E-state index in [9.17, 15) is 18.7 Å². The molecule has 2 aliphatic rings. The number of nitrogens with zero attached hydrogens (tertiary/aromatic N) is 3. The van der Waals surface area contributed by atoms with E-state index in [2.05, 4.69) is 15.0 Å². The maximum absolute atomic E-state index is 14.0. The van der Waals surface area contributed by atoms with Gasteiger partial charge in [0.25, 0.3) is 12.0 Å². The van der Waals surface area contributed by atoms with Crippen molar-refractivity contribution in [2.75, 3.05) is 12.3 Å². The number of hydrogen-bond donors (Lipinski definition) is 3. The number of ether oxygens (including phenoxy) is 1. The second-order valence-corrected chi connectivity index (χ2v) is 9.85. The van der Waals surface area contributed by atoms with Gasteiger partial charge in [-0.05, 0) is 25.7 Å². The first-order chi connectivity index (χ1) is 13.6. The van der Waals surface area contributed by atoms with E-state index in [0.29, 0.717) is 0 Å². The molecule has 29 heavy (non-hydrogen) atoms. The predicted octanol–water partition coefficient (Wildman–Crippen LogP) is 0.660. The van der Waals surface area contributed by atoms with Crippen molar-refractivity contribution in [3.05, 3.63) is 16.7 Å². The van der Waals surface area contributed by atoms with E-state index in [1.165, 1.54) is 0 Å². The Morgan fingerprint density at radius 3 is 2.93 bits per heavy atom. The Morgan fingerprint density at radius 2 is 2.28 bits per heavy atom. The maximum Gasteiger partial charge on any atom is 0.328 e. The fourth-order valence-electron chi connectivity index (χ4n) is 3.32. The third-order valence-electron chi connectivity index (χ3n) is 4.55. The first-order valence-corrected chi connectivity index (χ1v) is 11.1. The highest BCUT2D eigenvalue weighted by Crippen LogP contribution is 2.61. The topological polar surface area (TPSA) is 147 Å². The normalized spacial score (nSPS) is 34.9. The van der Waals surface area contributed by atoms with Gasteiger partial charge in [-0.2, -0.15) is 4.98 Å². The summed E-state index contributed by atoms with van der Waals surface area (Å²) >= 11 is 5.23. The lowest BCUT2D eigenvalue weighted by Gasteiger charge is -2.41. The lowest BCUT2D eigenvalue weighted by molar-refractivity contribution is -0.204. The third-order valence-corrected chi connectivity index (χ3v) is 6.99. The lowest BCUT2D eigenvalue weighted by Crippen LogP contribution is -2.56. The molecule has 0 amide bonds. The van der Waals surface area contributed by atoms with Gasteiger partial charge in [0.1, 0.15) is 12.2 Å². The third kappa shape index (κ3) is 3.28. The molecule has 0 saturated carbocycles. The van der Waals surface area contributed by atoms with Crippen LogP contribution in [-0.4, -0.2) is 61.6 Å². The summed E-state index contributed by atoms with van der Waals surface area (Å²) < 4.78 is 51.1. The minimum atomic E-state index is -3.38. The zero-order valence-corrected chi connectivity index (χ0v) is 16.9. The molecule has 11 nitrogen and oxygen atoms in total. The summed E-state index contributed by atoms with van der Waals surface area (Å²) in [4.78, 5) is 22.1. The molecule has 4 N–H and O–H groups in total. The van der Waals surface area contributed by atoms with Crippen LogP contribution in [0.2, 0.25) is 0 Å². The Morgan fingerprint density at radius 1 is 1.55 bits per heavy atom. The van der Waals surface area contributed by atoms with Gasteiger partial charge in [0.15, 0.2) is 23.0 Å². The van der Waals surface area contributed by atoms with E-state index < -0.39 is 49.3 Å². The molecule has 2 aliphatic heterocycles. The minimum absolute atomic E-state index is 0.0443. The highest BCUT2D eigenvalue weighted by Gasteiger charge is 2.66. The first-order valence-electron chi connectivity index (χ1n) is 8.54. The molecular weight excluding hydrogens is 435 g/mol. The van der Waals surface area contributed by atoms with E-state index >= 15 is 0 Å². The Labute approximate surface area is 167 Å². The summed E-state index contributed by atoms with van der Waals surface area (Å²) in [5.41, 5.74) is 2.50. The molecular formula is C14H18F2N5O6PS. The Hall–Kier alpha value is -1.54. The predicted molar refractivity (Wildman–Crippen MR) is 98.8 cm³/mol. The zero-order chi connectivity index (χ0) is 21.1. The monoisotopic (exact) mass is 453 g/mol. The molecule has 2 fully saturated rings. The quantitative estimate of drug-likeness (QED) is 0.564. The number of rotatable bonds is 4. The zero-order valence-electron chi connectivity index (χ0n) is 15.2. The van der Waals surface area contributed by atoms with Gasteiger partial charge in [-0.1, -0.05) is 0 Å². The molecule has 0 spiro atoms. The minimum Gasteiger partial charge on any atom is -0.386 e. The van der Waals surface area contributed by atoms with Crippen LogP contribution in [0.15, 0.2) is 11.1 Å². The van der Waals surface area contributed by atoms with Crippen LogP contribution in [-0.2, 0) is 30.1 Å². The van der Waals surface area contributed by atoms with Gasteiger partial charge in [0.05, 0.1) is 19.0 Å². The highest BCUT2D eigenvalue weighted by atomic mass is 32.5. The highest BCUT2D eigenvalue weighted by molar-refractivity contribution is 8.07. The summed E-state index contributed by atoms with van der Waals surface area (Å²) in [6.07, 6.45) is -6.87. The van der Waals surface area contributed by atoms with Crippen molar-refractivity contribution in [3.8, 4) is 0 Å². The SMILES string of the molecule is CC(C)OP1(=S)OC[C@@]2(C(F)F)O[C@@H](n3cnc4c(=O)[nH]c(N)nc43)[C@H](O)[C@@H]2O1. The molecule has 0 aromatic carbocycles. The number of hydrogen-bond acceptors (Lipinski definition) is 10. The van der Waals surface area contributed by atoms with Gasteiger partial charge >= 0.3 is 6.72 Å². The van der Waals surface area contributed by atoms with Crippen LogP contribution in [0.1, 0.15) is 20.1 Å². The lowest BCUT2D eigenvalue weighted by atomic mass is 9.96. The average Bonchev–Trinajstić information content (AvgIpc) is 3.14. The number of imidazole rings is 1. The fraction of sp³-hybridized carbons (Fsp3) is 0.643. The molecule has 0 radical (unpaired) electrons. The van der Waals surface area contributed by atoms with Gasteiger partial charge in [0, 0.05) is 0 Å². The van der Waals surface area contributed by atoms with Crippen LogP contribution in [0.5, 0.6) is 0 Å². The Bertz CT molecular complexity index is 1050. The molecule has 4 rings (SSSR count). The van der Waals surface area contributed by atoms with Crippen molar-refractivity contribution in [1.29, 1.82) is 0 Å². The smallest absolute Gasteiger partial charge is 0.328 e. The van der Waals surface area contributed by atoms with Crippen molar-refractivity contribution < 1.29 is 32.2 Å². The van der Waals surface area contributed by atoms with Crippen LogP contribution in [0.25, 0.3) is 11.2 Å². The number of aromatic nitrogens is 4. The molecule has 160 valence electrons. The molecule has 2 aromatic rings. The molecule has 4 heterocycles. The van der Waals surface area contributed by atoms with Gasteiger partial charge in [-0.25, -0.2) is 13.8 Å². The van der Waals surface area contributed by atoms with Crippen LogP contribution in [0.3, 0.4) is 0 Å². The number of aliphatic hydroxyl groups is 1. The summed E-state index contributed by atoms with van der Waals surface area (Å²) in [5.74, 6) is -0.210. The number of nitrogen functional groups attached to an aromatic ring is 1. The van der Waals surface area contributed by atoms with Crippen molar-refractivity contribution in [2.24, 2.45) is 0 Å². The Balaban J connectivity index is 1.76. The van der Waals surface area contributed by atoms with E-state index in [1.807, 2.05) is 0 Å². The number of nitrogens with two attached hydrogens (primary N) is 1. The number of aromatic amines is 1. The fourth-order valence-corrected chi connectivity index (χ4v) is 5.90. The summed E-state index contributed by atoms with van der Waals surface area (Å²) in [6, 6.07) is 0. The summed E-state index contributed by atoms with van der Waals surface area (Å²) in [5, 5.41) is 10.8. The van der Waals surface area contributed by atoms with Crippen molar-refractivity contribution in [2.45, 2.75) is 50.4 Å². The molecule has 5 atom stereocenters. The van der Waals surface area contributed by atoms with Crippen molar-refractivity contribution in [3.63, 3.8) is 0 Å². The maximum atomic E-state index is 14.0. The second-order valence-electron chi connectivity index (χ2n) is 6.93. The van der Waals surface area contributed by atoms with E-state index in [1.54, 1.807) is 13.8 Å². The van der Waals surface area contributed by atoms with Crippen LogP contribution < -0.4 is 11.3 Å². The van der Waals surface area contributed by atoms with Crippen LogP contribution >= 0.6 is 6.72 Å². The van der Waals surface area contributed by atoms with Crippen LogP contribution in [0, 0.1) is 0 Å². The second kappa shape index (κ2) is 7.01.